The van der Waals surface area contributed by atoms with Crippen LogP contribution in [0.25, 0.3) is 11.1 Å². The van der Waals surface area contributed by atoms with Gasteiger partial charge in [-0.1, -0.05) is 51.1 Å². The minimum absolute atomic E-state index is 0.0474. The smallest absolute Gasteiger partial charge is 0.150 e. The van der Waals surface area contributed by atoms with Crippen molar-refractivity contribution < 1.29 is 9.53 Å². The van der Waals surface area contributed by atoms with Crippen molar-refractivity contribution in [1.29, 1.82) is 0 Å². The summed E-state index contributed by atoms with van der Waals surface area (Å²) in [6.07, 6.45) is 6.23. The zero-order valence-corrected chi connectivity index (χ0v) is 16.8. The van der Waals surface area contributed by atoms with Gasteiger partial charge in [0, 0.05) is 11.0 Å². The van der Waals surface area contributed by atoms with Crippen LogP contribution in [-0.4, -0.2) is 12.4 Å². The van der Waals surface area contributed by atoms with Gasteiger partial charge >= 0.3 is 0 Å². The minimum atomic E-state index is -0.0474. The van der Waals surface area contributed by atoms with Gasteiger partial charge in [-0.3, -0.25) is 4.79 Å². The van der Waals surface area contributed by atoms with Gasteiger partial charge in [0.05, 0.1) is 6.10 Å². The van der Waals surface area contributed by atoms with Crippen LogP contribution in [0.5, 0.6) is 5.75 Å². The number of rotatable bonds is 7. The Morgan fingerprint density at radius 2 is 1.73 bits per heavy atom. The predicted octanol–water partition coefficient (Wildman–Crippen LogP) is 6.37. The van der Waals surface area contributed by atoms with E-state index in [-0.39, 0.29) is 11.5 Å². The Morgan fingerprint density at radius 1 is 1.04 bits per heavy atom. The van der Waals surface area contributed by atoms with Gasteiger partial charge in [0.15, 0.2) is 0 Å². The van der Waals surface area contributed by atoms with Crippen LogP contribution in [0, 0.1) is 0 Å². The molecule has 0 aliphatic heterocycles. The average molecular weight is 351 g/mol. The van der Waals surface area contributed by atoms with Gasteiger partial charge in [-0.05, 0) is 67.6 Å². The number of aldehydes is 1. The maximum Gasteiger partial charge on any atom is 0.150 e. The first-order chi connectivity index (χ1) is 12.3. The molecule has 2 rings (SSSR count). The van der Waals surface area contributed by atoms with E-state index in [4.69, 9.17) is 4.74 Å². The van der Waals surface area contributed by atoms with Gasteiger partial charge < -0.3 is 4.74 Å². The molecule has 2 heteroatoms. The van der Waals surface area contributed by atoms with E-state index < -0.39 is 0 Å². The molecule has 0 saturated heterocycles. The number of hydrogen-bond donors (Lipinski definition) is 0. The summed E-state index contributed by atoms with van der Waals surface area (Å²) in [5.74, 6) is 0.732. The molecule has 0 spiro atoms. The van der Waals surface area contributed by atoms with Crippen molar-refractivity contribution in [2.24, 2.45) is 0 Å². The highest BCUT2D eigenvalue weighted by molar-refractivity contribution is 5.80. The topological polar surface area (TPSA) is 26.3 Å². The summed E-state index contributed by atoms with van der Waals surface area (Å²) in [4.78, 5) is 11.4. The lowest BCUT2D eigenvalue weighted by molar-refractivity contribution is 0.112. The third kappa shape index (κ3) is 4.85. The second-order valence-electron chi connectivity index (χ2n) is 7.57. The van der Waals surface area contributed by atoms with Crippen LogP contribution in [-0.2, 0) is 11.8 Å². The molecule has 2 aromatic carbocycles. The van der Waals surface area contributed by atoms with E-state index in [0.29, 0.717) is 5.56 Å². The van der Waals surface area contributed by atoms with Crippen molar-refractivity contribution in [3.8, 4) is 16.9 Å². The van der Waals surface area contributed by atoms with Gasteiger partial charge in [-0.25, -0.2) is 0 Å². The van der Waals surface area contributed by atoms with E-state index >= 15 is 0 Å². The van der Waals surface area contributed by atoms with Crippen LogP contribution >= 0.6 is 0 Å². The Balaban J connectivity index is 2.62. The fourth-order valence-electron chi connectivity index (χ4n) is 3.14. The lowest BCUT2D eigenvalue weighted by atomic mass is 9.81. The highest BCUT2D eigenvalue weighted by Crippen LogP contribution is 2.33. The number of benzene rings is 2. The van der Waals surface area contributed by atoms with E-state index in [1.54, 1.807) is 6.07 Å². The summed E-state index contributed by atoms with van der Waals surface area (Å²) in [6, 6.07) is 12.5. The number of ether oxygens (including phenoxy) is 1. The molecule has 0 aliphatic carbocycles. The second-order valence-corrected chi connectivity index (χ2v) is 7.57. The molecule has 0 N–H and O–H groups in total. The van der Waals surface area contributed by atoms with Gasteiger partial charge in [0.1, 0.15) is 12.0 Å². The number of carbonyl (C=O) groups excluding carboxylic acids is 1. The van der Waals surface area contributed by atoms with E-state index in [2.05, 4.69) is 58.0 Å². The number of aryl methyl sites for hydroxylation is 1. The summed E-state index contributed by atoms with van der Waals surface area (Å²) in [5, 5.41) is 0. The molecule has 0 saturated carbocycles. The maximum atomic E-state index is 11.4. The maximum absolute atomic E-state index is 11.4. The normalized spacial score (nSPS) is 12.0. The average Bonchev–Trinajstić information content (AvgIpc) is 2.60. The largest absolute Gasteiger partial charge is 0.491 e. The van der Waals surface area contributed by atoms with Crippen LogP contribution in [0.1, 0.15) is 63.0 Å². The van der Waals surface area contributed by atoms with Crippen LogP contribution < -0.4 is 4.74 Å². The number of allylic oxidation sites excluding steroid dienone is 2. The Kier molecular flexibility index (Phi) is 6.42. The summed E-state index contributed by atoms with van der Waals surface area (Å²) < 4.78 is 5.84. The molecule has 0 bridgehead atoms. The molecular formula is C24H30O2. The van der Waals surface area contributed by atoms with E-state index in [1.165, 1.54) is 11.1 Å². The molecule has 0 radical (unpaired) electrons. The SMILES string of the molecule is CC=CC(C)(C)c1cc(CC)cc(-c2cc(C=O)cc(OC(C)C)c2)c1. The molecule has 26 heavy (non-hydrogen) atoms. The Hall–Kier alpha value is -2.35. The Morgan fingerprint density at radius 3 is 2.31 bits per heavy atom. The van der Waals surface area contributed by atoms with Crippen molar-refractivity contribution in [3.05, 3.63) is 65.2 Å². The summed E-state index contributed by atoms with van der Waals surface area (Å²) in [6.45, 7) is 12.6. The molecule has 2 nitrogen and oxygen atoms in total. The minimum Gasteiger partial charge on any atom is -0.491 e. The quantitative estimate of drug-likeness (QED) is 0.428. The Bertz CT molecular complexity index is 798. The van der Waals surface area contributed by atoms with Crippen LogP contribution in [0.4, 0.5) is 0 Å². The van der Waals surface area contributed by atoms with E-state index in [9.17, 15) is 4.79 Å². The molecule has 0 heterocycles. The van der Waals surface area contributed by atoms with Crippen molar-refractivity contribution in [1.82, 2.24) is 0 Å². The second kappa shape index (κ2) is 8.35. The van der Waals surface area contributed by atoms with Gasteiger partial charge in [0.2, 0.25) is 0 Å². The lowest BCUT2D eigenvalue weighted by Gasteiger charge is -2.23. The first-order valence-electron chi connectivity index (χ1n) is 9.34. The first kappa shape index (κ1) is 20.0. The molecule has 0 aromatic heterocycles. The van der Waals surface area contributed by atoms with Gasteiger partial charge in [-0.15, -0.1) is 0 Å². The summed E-state index contributed by atoms with van der Waals surface area (Å²) >= 11 is 0. The fourth-order valence-corrected chi connectivity index (χ4v) is 3.14. The molecule has 0 amide bonds. The van der Waals surface area contributed by atoms with Crippen molar-refractivity contribution in [2.75, 3.05) is 0 Å². The number of carbonyl (C=O) groups is 1. The predicted molar refractivity (Wildman–Crippen MR) is 110 cm³/mol. The molecule has 138 valence electrons. The lowest BCUT2D eigenvalue weighted by Crippen LogP contribution is -2.14. The van der Waals surface area contributed by atoms with Crippen molar-refractivity contribution in [3.63, 3.8) is 0 Å². The first-order valence-corrected chi connectivity index (χ1v) is 9.34. The highest BCUT2D eigenvalue weighted by atomic mass is 16.5. The summed E-state index contributed by atoms with van der Waals surface area (Å²) in [7, 11) is 0. The monoisotopic (exact) mass is 350 g/mol. The van der Waals surface area contributed by atoms with Gasteiger partial charge in [0.25, 0.3) is 0 Å². The molecule has 0 aliphatic rings. The Labute approximate surface area is 157 Å². The van der Waals surface area contributed by atoms with Crippen LogP contribution in [0.15, 0.2) is 48.6 Å². The molecule has 2 aromatic rings. The van der Waals surface area contributed by atoms with E-state index in [1.807, 2.05) is 26.0 Å². The third-order valence-electron chi connectivity index (χ3n) is 4.50. The zero-order chi connectivity index (χ0) is 19.3. The number of hydrogen-bond acceptors (Lipinski definition) is 2. The molecular weight excluding hydrogens is 320 g/mol. The zero-order valence-electron chi connectivity index (χ0n) is 16.8. The highest BCUT2D eigenvalue weighted by Gasteiger charge is 2.18. The van der Waals surface area contributed by atoms with Crippen LogP contribution in [0.3, 0.4) is 0 Å². The molecule has 0 unspecified atom stereocenters. The molecule has 0 atom stereocenters. The molecule has 0 fully saturated rings. The third-order valence-corrected chi connectivity index (χ3v) is 4.50. The van der Waals surface area contributed by atoms with Crippen molar-refractivity contribution >= 4 is 6.29 Å². The van der Waals surface area contributed by atoms with Crippen molar-refractivity contribution in [2.45, 2.75) is 59.5 Å². The van der Waals surface area contributed by atoms with Crippen LogP contribution in [0.2, 0.25) is 0 Å². The summed E-state index contributed by atoms with van der Waals surface area (Å²) in [5.41, 5.74) is 5.28. The standard InChI is InChI=1S/C24H30O2/c1-7-9-24(5,6)22-12-18(8-2)10-20(14-22)21-11-19(16-25)13-23(15-21)26-17(3)4/h7,9-17H,8H2,1-6H3. The van der Waals surface area contributed by atoms with Gasteiger partial charge in [-0.2, -0.15) is 0 Å². The van der Waals surface area contributed by atoms with E-state index in [0.717, 1.165) is 29.6 Å². The fraction of sp³-hybridized carbons (Fsp3) is 0.375.